The Bertz CT molecular complexity index is 490. The molecule has 0 amide bonds. The van der Waals surface area contributed by atoms with E-state index >= 15 is 0 Å². The molecule has 0 aliphatic rings. The molecule has 0 unspecified atom stereocenters. The Morgan fingerprint density at radius 1 is 1.40 bits per heavy atom. The maximum Gasteiger partial charge on any atom is 0.358 e. The van der Waals surface area contributed by atoms with Crippen LogP contribution in [0.4, 0.5) is 0 Å². The summed E-state index contributed by atoms with van der Waals surface area (Å²) < 4.78 is 0. The summed E-state index contributed by atoms with van der Waals surface area (Å²) in [6.45, 7) is 1.80. The van der Waals surface area contributed by atoms with E-state index in [-0.39, 0.29) is 5.69 Å². The van der Waals surface area contributed by atoms with Crippen molar-refractivity contribution in [1.82, 2.24) is 25.2 Å². The quantitative estimate of drug-likeness (QED) is 0.745. The Kier molecular flexibility index (Phi) is 2.13. The van der Waals surface area contributed by atoms with Gasteiger partial charge in [0.2, 0.25) is 0 Å². The van der Waals surface area contributed by atoms with E-state index in [4.69, 9.17) is 5.11 Å². The topological polar surface area (TPSA) is 93.8 Å². The van der Waals surface area contributed by atoms with Crippen LogP contribution in [0, 0.1) is 6.92 Å². The van der Waals surface area contributed by atoms with Crippen molar-refractivity contribution >= 4 is 5.97 Å². The minimum absolute atomic E-state index is 0.127. The maximum absolute atomic E-state index is 10.5. The average molecular weight is 205 g/mol. The van der Waals surface area contributed by atoms with E-state index in [1.54, 1.807) is 19.1 Å². The van der Waals surface area contributed by atoms with Crippen molar-refractivity contribution in [2.75, 3.05) is 0 Å². The van der Waals surface area contributed by atoms with Crippen LogP contribution in [0.15, 0.2) is 18.3 Å². The minimum atomic E-state index is -1.12. The monoisotopic (exact) mass is 205 g/mol. The highest BCUT2D eigenvalue weighted by Crippen LogP contribution is 2.00. The summed E-state index contributed by atoms with van der Waals surface area (Å²) in [5, 5.41) is 23.7. The number of hydrogen-bond acceptors (Lipinski definition) is 5. The highest BCUT2D eigenvalue weighted by atomic mass is 16.4. The summed E-state index contributed by atoms with van der Waals surface area (Å²) >= 11 is 0. The van der Waals surface area contributed by atoms with E-state index in [9.17, 15) is 4.79 Å². The first-order chi connectivity index (χ1) is 7.16. The van der Waals surface area contributed by atoms with E-state index in [1.807, 2.05) is 0 Å². The molecule has 2 rings (SSSR count). The van der Waals surface area contributed by atoms with E-state index in [1.165, 1.54) is 0 Å². The molecule has 2 heterocycles. The molecular formula is C8H7N5O2. The number of nitrogens with zero attached hydrogens (tertiary/aromatic N) is 5. The number of rotatable bonds is 2. The zero-order valence-electron chi connectivity index (χ0n) is 7.82. The Morgan fingerprint density at radius 3 is 2.73 bits per heavy atom. The molecule has 0 spiro atoms. The SMILES string of the molecule is Cc1ccc(-n2ncc(C(=O)O)n2)nn1. The van der Waals surface area contributed by atoms with Gasteiger partial charge in [0.1, 0.15) is 0 Å². The van der Waals surface area contributed by atoms with Crippen molar-refractivity contribution < 1.29 is 9.90 Å². The van der Waals surface area contributed by atoms with Crippen molar-refractivity contribution in [2.24, 2.45) is 0 Å². The van der Waals surface area contributed by atoms with Gasteiger partial charge in [-0.1, -0.05) is 0 Å². The number of aryl methyl sites for hydroxylation is 1. The smallest absolute Gasteiger partial charge is 0.358 e. The fourth-order valence-electron chi connectivity index (χ4n) is 0.970. The first-order valence-corrected chi connectivity index (χ1v) is 4.13. The van der Waals surface area contributed by atoms with Crippen LogP contribution in [0.2, 0.25) is 0 Å². The van der Waals surface area contributed by atoms with Crippen LogP contribution < -0.4 is 0 Å². The van der Waals surface area contributed by atoms with Crippen molar-refractivity contribution in [2.45, 2.75) is 6.92 Å². The van der Waals surface area contributed by atoms with Gasteiger partial charge in [0.05, 0.1) is 11.9 Å². The second kappa shape index (κ2) is 3.45. The van der Waals surface area contributed by atoms with Crippen LogP contribution in [0.3, 0.4) is 0 Å². The number of carboxylic acid groups (broad SMARTS) is 1. The Labute approximate surface area is 84.4 Å². The van der Waals surface area contributed by atoms with Crippen LogP contribution in [-0.2, 0) is 0 Å². The third kappa shape index (κ3) is 1.80. The van der Waals surface area contributed by atoms with Gasteiger partial charge in [-0.05, 0) is 19.1 Å². The number of aromatic carboxylic acids is 1. The zero-order valence-corrected chi connectivity index (χ0v) is 7.82. The maximum atomic E-state index is 10.5. The predicted octanol–water partition coefficient (Wildman–Crippen LogP) is 0.0639. The normalized spacial score (nSPS) is 10.2. The fourth-order valence-corrected chi connectivity index (χ4v) is 0.970. The predicted molar refractivity (Wildman–Crippen MR) is 48.6 cm³/mol. The summed E-state index contributed by atoms with van der Waals surface area (Å²) in [4.78, 5) is 11.7. The molecule has 0 aliphatic heterocycles. The summed E-state index contributed by atoms with van der Waals surface area (Å²) in [5.74, 6) is -0.741. The van der Waals surface area contributed by atoms with Gasteiger partial charge < -0.3 is 5.11 Å². The summed E-state index contributed by atoms with van der Waals surface area (Å²) in [6.07, 6.45) is 1.16. The highest BCUT2D eigenvalue weighted by molar-refractivity contribution is 5.84. The van der Waals surface area contributed by atoms with E-state index in [2.05, 4.69) is 20.4 Å². The summed E-state index contributed by atoms with van der Waals surface area (Å²) in [6, 6.07) is 3.40. The molecule has 2 aromatic heterocycles. The third-order valence-corrected chi connectivity index (χ3v) is 1.70. The van der Waals surface area contributed by atoms with Crippen molar-refractivity contribution in [3.05, 3.63) is 29.7 Å². The Morgan fingerprint density at radius 2 is 2.20 bits per heavy atom. The summed E-state index contributed by atoms with van der Waals surface area (Å²) in [5.41, 5.74) is 0.640. The van der Waals surface area contributed by atoms with E-state index in [0.717, 1.165) is 16.7 Å². The van der Waals surface area contributed by atoms with Crippen molar-refractivity contribution in [1.29, 1.82) is 0 Å². The van der Waals surface area contributed by atoms with Gasteiger partial charge in [0.15, 0.2) is 11.5 Å². The number of aromatic nitrogens is 5. The molecule has 7 nitrogen and oxygen atoms in total. The second-order valence-electron chi connectivity index (χ2n) is 2.86. The van der Waals surface area contributed by atoms with Gasteiger partial charge in [-0.25, -0.2) is 4.79 Å². The van der Waals surface area contributed by atoms with Gasteiger partial charge in [0, 0.05) is 0 Å². The Balaban J connectivity index is 2.37. The molecule has 76 valence electrons. The van der Waals surface area contributed by atoms with Gasteiger partial charge in [0.25, 0.3) is 0 Å². The van der Waals surface area contributed by atoms with Crippen LogP contribution in [0.5, 0.6) is 0 Å². The van der Waals surface area contributed by atoms with Crippen LogP contribution in [0.1, 0.15) is 16.2 Å². The second-order valence-corrected chi connectivity index (χ2v) is 2.86. The van der Waals surface area contributed by atoms with Crippen LogP contribution in [0.25, 0.3) is 5.82 Å². The molecule has 0 fully saturated rings. The minimum Gasteiger partial charge on any atom is -0.476 e. The molecule has 2 aromatic rings. The first-order valence-electron chi connectivity index (χ1n) is 4.13. The molecule has 15 heavy (non-hydrogen) atoms. The molecule has 0 saturated carbocycles. The Hall–Kier alpha value is -2.31. The van der Waals surface area contributed by atoms with Gasteiger partial charge >= 0.3 is 5.97 Å². The third-order valence-electron chi connectivity index (χ3n) is 1.70. The van der Waals surface area contributed by atoms with Gasteiger partial charge in [-0.2, -0.15) is 10.2 Å². The average Bonchev–Trinajstić information content (AvgIpc) is 2.68. The van der Waals surface area contributed by atoms with Crippen molar-refractivity contribution in [3.63, 3.8) is 0 Å². The number of hydrogen-bond donors (Lipinski definition) is 1. The van der Waals surface area contributed by atoms with Crippen LogP contribution >= 0.6 is 0 Å². The largest absolute Gasteiger partial charge is 0.476 e. The van der Waals surface area contributed by atoms with E-state index in [0.29, 0.717) is 5.82 Å². The highest BCUT2D eigenvalue weighted by Gasteiger charge is 2.09. The van der Waals surface area contributed by atoms with E-state index < -0.39 is 5.97 Å². The molecule has 0 atom stereocenters. The fraction of sp³-hybridized carbons (Fsp3) is 0.125. The molecule has 0 saturated heterocycles. The molecule has 1 N–H and O–H groups in total. The molecule has 0 bridgehead atoms. The number of carbonyl (C=O) groups is 1. The molecule has 0 aliphatic carbocycles. The lowest BCUT2D eigenvalue weighted by atomic mass is 10.4. The van der Waals surface area contributed by atoms with Crippen molar-refractivity contribution in [3.8, 4) is 5.82 Å². The van der Waals surface area contributed by atoms with Crippen LogP contribution in [-0.4, -0.2) is 36.3 Å². The lowest BCUT2D eigenvalue weighted by Crippen LogP contribution is -2.05. The lowest BCUT2D eigenvalue weighted by molar-refractivity contribution is 0.0690. The zero-order chi connectivity index (χ0) is 10.8. The first kappa shape index (κ1) is 9.25. The molecule has 7 heteroatoms. The van der Waals surface area contributed by atoms with Gasteiger partial charge in [-0.3, -0.25) is 0 Å². The molecule has 0 radical (unpaired) electrons. The molecule has 0 aromatic carbocycles. The summed E-state index contributed by atoms with van der Waals surface area (Å²) in [7, 11) is 0. The molecular weight excluding hydrogens is 198 g/mol. The van der Waals surface area contributed by atoms with Gasteiger partial charge in [-0.15, -0.1) is 15.0 Å². The number of carboxylic acids is 1. The standard InChI is InChI=1S/C8H7N5O2/c1-5-2-3-7(11-10-5)13-9-4-6(12-13)8(14)15/h2-4H,1H3,(H,14,15). The lowest BCUT2D eigenvalue weighted by Gasteiger charge is -1.96.